The van der Waals surface area contributed by atoms with E-state index >= 15 is 0 Å². The van der Waals surface area contributed by atoms with Crippen LogP contribution >= 0.6 is 0 Å². The average molecular weight is 295 g/mol. The monoisotopic (exact) mass is 295 g/mol. The van der Waals surface area contributed by atoms with Crippen LogP contribution in [0.25, 0.3) is 0 Å². The van der Waals surface area contributed by atoms with Gasteiger partial charge in [0.2, 0.25) is 0 Å². The van der Waals surface area contributed by atoms with Crippen molar-refractivity contribution in [3.8, 4) is 0 Å². The molecule has 5 nitrogen and oxygen atoms in total. The van der Waals surface area contributed by atoms with Crippen molar-refractivity contribution in [3.05, 3.63) is 24.0 Å². The van der Waals surface area contributed by atoms with E-state index in [0.717, 1.165) is 13.1 Å². The SMILES string of the molecule is CCn1cccc1CNCC(C)(C)NC(=O)OC(C)(C)C. The van der Waals surface area contributed by atoms with Crippen LogP contribution in [0.4, 0.5) is 4.79 Å². The highest BCUT2D eigenvalue weighted by Crippen LogP contribution is 2.09. The van der Waals surface area contributed by atoms with Crippen LogP contribution < -0.4 is 10.6 Å². The van der Waals surface area contributed by atoms with E-state index in [4.69, 9.17) is 4.74 Å². The van der Waals surface area contributed by atoms with E-state index in [1.165, 1.54) is 5.69 Å². The summed E-state index contributed by atoms with van der Waals surface area (Å²) in [4.78, 5) is 11.8. The van der Waals surface area contributed by atoms with E-state index in [1.807, 2.05) is 40.7 Å². The summed E-state index contributed by atoms with van der Waals surface area (Å²) in [6, 6.07) is 4.15. The molecular formula is C16H29N3O2. The molecule has 0 unspecified atom stereocenters. The molecule has 0 bridgehead atoms. The fraction of sp³-hybridized carbons (Fsp3) is 0.688. The third-order valence-corrected chi connectivity index (χ3v) is 2.98. The number of nitrogens with zero attached hydrogens (tertiary/aromatic N) is 1. The van der Waals surface area contributed by atoms with E-state index in [-0.39, 0.29) is 11.6 Å². The molecule has 0 radical (unpaired) electrons. The maximum absolute atomic E-state index is 11.8. The summed E-state index contributed by atoms with van der Waals surface area (Å²) in [7, 11) is 0. The van der Waals surface area contributed by atoms with E-state index in [1.54, 1.807) is 0 Å². The normalized spacial score (nSPS) is 12.3. The van der Waals surface area contributed by atoms with Crippen molar-refractivity contribution in [2.45, 2.75) is 65.8 Å². The number of hydrogen-bond acceptors (Lipinski definition) is 3. The zero-order valence-corrected chi connectivity index (χ0v) is 14.1. The number of carbonyl (C=O) groups excluding carboxylic acids is 1. The molecule has 120 valence electrons. The molecule has 21 heavy (non-hydrogen) atoms. The predicted molar refractivity (Wildman–Crippen MR) is 85.3 cm³/mol. The second-order valence-corrected chi connectivity index (χ2v) is 6.90. The molecule has 1 aromatic heterocycles. The Morgan fingerprint density at radius 1 is 1.29 bits per heavy atom. The fourth-order valence-corrected chi connectivity index (χ4v) is 2.05. The molecular weight excluding hydrogens is 266 g/mol. The second-order valence-electron chi connectivity index (χ2n) is 6.90. The molecule has 0 aliphatic heterocycles. The largest absolute Gasteiger partial charge is 0.444 e. The minimum Gasteiger partial charge on any atom is -0.444 e. The number of hydrogen-bond donors (Lipinski definition) is 2. The maximum atomic E-state index is 11.8. The molecule has 2 N–H and O–H groups in total. The Balaban J connectivity index is 2.41. The molecule has 0 fully saturated rings. The molecule has 5 heteroatoms. The van der Waals surface area contributed by atoms with Gasteiger partial charge in [-0.1, -0.05) is 0 Å². The number of nitrogens with one attached hydrogen (secondary N) is 2. The molecule has 0 saturated heterocycles. The number of rotatable bonds is 6. The van der Waals surface area contributed by atoms with Crippen molar-refractivity contribution in [2.75, 3.05) is 6.54 Å². The summed E-state index contributed by atoms with van der Waals surface area (Å²) in [6.07, 6.45) is 1.69. The van der Waals surface area contributed by atoms with Gasteiger partial charge in [0.25, 0.3) is 0 Å². The van der Waals surface area contributed by atoms with E-state index < -0.39 is 5.60 Å². The third-order valence-electron chi connectivity index (χ3n) is 2.98. The van der Waals surface area contributed by atoms with E-state index in [0.29, 0.717) is 6.54 Å². The van der Waals surface area contributed by atoms with Crippen molar-refractivity contribution in [1.82, 2.24) is 15.2 Å². The minimum absolute atomic E-state index is 0.369. The van der Waals surface area contributed by atoms with Gasteiger partial charge >= 0.3 is 6.09 Å². The van der Waals surface area contributed by atoms with Gasteiger partial charge in [-0.05, 0) is 53.7 Å². The summed E-state index contributed by atoms with van der Waals surface area (Å²) in [6.45, 7) is 14.1. The first kappa shape index (κ1) is 17.6. The standard InChI is InChI=1S/C16H29N3O2/c1-7-19-10-8-9-13(19)11-17-12-16(5,6)18-14(20)21-15(2,3)4/h8-10,17H,7,11-12H2,1-6H3,(H,18,20). The van der Waals surface area contributed by atoms with Crippen LogP contribution in [0.5, 0.6) is 0 Å². The molecule has 0 saturated carbocycles. The van der Waals surface area contributed by atoms with Gasteiger partial charge in [-0.15, -0.1) is 0 Å². The number of ether oxygens (including phenoxy) is 1. The smallest absolute Gasteiger partial charge is 0.408 e. The summed E-state index contributed by atoms with van der Waals surface area (Å²) < 4.78 is 7.48. The molecule has 0 aromatic carbocycles. The highest BCUT2D eigenvalue weighted by molar-refractivity contribution is 5.68. The topological polar surface area (TPSA) is 55.3 Å². The molecule has 0 aliphatic rings. The van der Waals surface area contributed by atoms with Gasteiger partial charge in [0.15, 0.2) is 0 Å². The van der Waals surface area contributed by atoms with Crippen molar-refractivity contribution in [3.63, 3.8) is 0 Å². The lowest BCUT2D eigenvalue weighted by Crippen LogP contribution is -2.51. The first-order valence-corrected chi connectivity index (χ1v) is 7.49. The molecule has 1 rings (SSSR count). The lowest BCUT2D eigenvalue weighted by Gasteiger charge is -2.29. The predicted octanol–water partition coefficient (Wildman–Crippen LogP) is 2.90. The van der Waals surface area contributed by atoms with Crippen molar-refractivity contribution >= 4 is 6.09 Å². The summed E-state index contributed by atoms with van der Waals surface area (Å²) in [5.41, 5.74) is 0.396. The zero-order chi connectivity index (χ0) is 16.1. The Bertz CT molecular complexity index is 458. The highest BCUT2D eigenvalue weighted by atomic mass is 16.6. The summed E-state index contributed by atoms with van der Waals surface area (Å²) in [5.74, 6) is 0. The van der Waals surface area contributed by atoms with Crippen molar-refractivity contribution in [1.29, 1.82) is 0 Å². The van der Waals surface area contributed by atoms with Gasteiger partial charge in [-0.3, -0.25) is 0 Å². The fourth-order valence-electron chi connectivity index (χ4n) is 2.05. The lowest BCUT2D eigenvalue weighted by molar-refractivity contribution is 0.0472. The molecule has 1 heterocycles. The van der Waals surface area contributed by atoms with Gasteiger partial charge in [0.1, 0.15) is 5.60 Å². The van der Waals surface area contributed by atoms with Crippen molar-refractivity contribution in [2.24, 2.45) is 0 Å². The Hall–Kier alpha value is -1.49. The van der Waals surface area contributed by atoms with Gasteiger partial charge in [0, 0.05) is 31.5 Å². The Morgan fingerprint density at radius 3 is 2.52 bits per heavy atom. The van der Waals surface area contributed by atoms with Gasteiger partial charge in [-0.2, -0.15) is 0 Å². The van der Waals surface area contributed by atoms with Gasteiger partial charge < -0.3 is 19.9 Å². The van der Waals surface area contributed by atoms with Gasteiger partial charge in [-0.25, -0.2) is 4.79 Å². The zero-order valence-electron chi connectivity index (χ0n) is 14.1. The Labute approximate surface area is 128 Å². The van der Waals surface area contributed by atoms with Crippen LogP contribution in [0.15, 0.2) is 18.3 Å². The van der Waals surface area contributed by atoms with Crippen molar-refractivity contribution < 1.29 is 9.53 Å². The van der Waals surface area contributed by atoms with Gasteiger partial charge in [0.05, 0.1) is 5.54 Å². The second kappa shape index (κ2) is 6.98. The van der Waals surface area contributed by atoms with Crippen LogP contribution in [0, 0.1) is 0 Å². The molecule has 0 aliphatic carbocycles. The van der Waals surface area contributed by atoms with Crippen LogP contribution in [-0.2, 0) is 17.8 Å². The third kappa shape index (κ3) is 6.67. The Morgan fingerprint density at radius 2 is 1.95 bits per heavy atom. The van der Waals surface area contributed by atoms with Crippen LogP contribution in [0.3, 0.4) is 0 Å². The number of alkyl carbamates (subject to hydrolysis) is 1. The molecule has 1 aromatic rings. The average Bonchev–Trinajstić information content (AvgIpc) is 2.72. The van der Waals surface area contributed by atoms with Crippen LogP contribution in [-0.4, -0.2) is 28.3 Å². The Kier molecular flexibility index (Phi) is 5.84. The number of amides is 1. The number of aryl methyl sites for hydroxylation is 1. The first-order chi connectivity index (χ1) is 9.63. The van der Waals surface area contributed by atoms with E-state index in [9.17, 15) is 4.79 Å². The molecule has 0 atom stereocenters. The first-order valence-electron chi connectivity index (χ1n) is 7.49. The summed E-state index contributed by atoms with van der Waals surface area (Å²) >= 11 is 0. The highest BCUT2D eigenvalue weighted by Gasteiger charge is 2.24. The molecule has 0 spiro atoms. The molecule has 1 amide bonds. The van der Waals surface area contributed by atoms with Crippen LogP contribution in [0.1, 0.15) is 47.2 Å². The maximum Gasteiger partial charge on any atom is 0.408 e. The number of aromatic nitrogens is 1. The summed E-state index contributed by atoms with van der Waals surface area (Å²) in [5, 5.41) is 6.27. The minimum atomic E-state index is -0.477. The van der Waals surface area contributed by atoms with Crippen LogP contribution in [0.2, 0.25) is 0 Å². The lowest BCUT2D eigenvalue weighted by atomic mass is 10.1. The van der Waals surface area contributed by atoms with E-state index in [2.05, 4.69) is 34.4 Å². The number of carbonyl (C=O) groups is 1. The quantitative estimate of drug-likeness (QED) is 0.848.